The molecule has 2 N–H and O–H groups in total. The molecule has 6 heteroatoms. The van der Waals surface area contributed by atoms with Gasteiger partial charge in [-0.2, -0.15) is 0 Å². The number of benzene rings is 1. The minimum atomic E-state index is -0.0653. The highest BCUT2D eigenvalue weighted by Crippen LogP contribution is 2.26. The van der Waals surface area contributed by atoms with E-state index in [9.17, 15) is 4.79 Å². The molecule has 0 bridgehead atoms. The van der Waals surface area contributed by atoms with Crippen LogP contribution in [0.15, 0.2) is 24.3 Å². The van der Waals surface area contributed by atoms with Gasteiger partial charge in [-0.1, -0.05) is 29.8 Å². The van der Waals surface area contributed by atoms with Crippen LogP contribution >= 0.6 is 23.7 Å². The van der Waals surface area contributed by atoms with Crippen LogP contribution in [-0.4, -0.2) is 23.5 Å². The van der Waals surface area contributed by atoms with Gasteiger partial charge in [-0.3, -0.25) is 4.79 Å². The number of halogens is 1. The van der Waals surface area contributed by atoms with Gasteiger partial charge < -0.3 is 10.6 Å². The monoisotopic (exact) mass is 351 g/mol. The summed E-state index contributed by atoms with van der Waals surface area (Å²) < 4.78 is 0. The Bertz CT molecular complexity index is 680. The number of carbonyl (C=O) groups excluding carboxylic acids is 1. The van der Waals surface area contributed by atoms with Crippen LogP contribution in [0, 0.1) is 13.8 Å². The lowest BCUT2D eigenvalue weighted by Crippen LogP contribution is -2.35. The minimum Gasteiger partial charge on any atom is -0.306 e. The molecule has 2 aromatic rings. The van der Waals surface area contributed by atoms with E-state index in [0.717, 1.165) is 31.5 Å². The van der Waals surface area contributed by atoms with E-state index in [1.807, 2.05) is 6.92 Å². The van der Waals surface area contributed by atoms with Crippen LogP contribution in [-0.2, 0) is 11.2 Å². The number of hydrogen-bond acceptors (Lipinski definition) is 4. The summed E-state index contributed by atoms with van der Waals surface area (Å²) in [4.78, 5) is 17.8. The lowest BCUT2D eigenvalue weighted by Gasteiger charge is -2.08. The summed E-state index contributed by atoms with van der Waals surface area (Å²) in [5.41, 5.74) is 3.55. The lowest BCUT2D eigenvalue weighted by molar-refractivity contribution is -0.117. The SMILES string of the molecule is Cc1cccc(Cc2sc(NC(=O)C3CCCN3)nc2C)c1.Cl. The van der Waals surface area contributed by atoms with E-state index in [0.29, 0.717) is 5.13 Å². The number of nitrogens with one attached hydrogen (secondary N) is 2. The first-order valence-corrected chi connectivity index (χ1v) is 8.49. The molecule has 0 saturated carbocycles. The van der Waals surface area contributed by atoms with Gasteiger partial charge in [0.05, 0.1) is 11.7 Å². The number of aryl methyl sites for hydroxylation is 2. The zero-order chi connectivity index (χ0) is 15.5. The van der Waals surface area contributed by atoms with Crippen molar-refractivity contribution in [1.29, 1.82) is 0 Å². The second-order valence-electron chi connectivity index (χ2n) is 5.83. The molecule has 1 aromatic heterocycles. The first-order valence-electron chi connectivity index (χ1n) is 7.68. The van der Waals surface area contributed by atoms with E-state index in [1.165, 1.54) is 16.0 Å². The molecule has 0 radical (unpaired) electrons. The molecular weight excluding hydrogens is 330 g/mol. The van der Waals surface area contributed by atoms with Crippen molar-refractivity contribution in [3.8, 4) is 0 Å². The van der Waals surface area contributed by atoms with Crippen molar-refractivity contribution in [1.82, 2.24) is 10.3 Å². The smallest absolute Gasteiger partial charge is 0.243 e. The van der Waals surface area contributed by atoms with Crippen molar-refractivity contribution in [2.45, 2.75) is 39.2 Å². The summed E-state index contributed by atoms with van der Waals surface area (Å²) >= 11 is 1.58. The zero-order valence-electron chi connectivity index (χ0n) is 13.4. The average Bonchev–Trinajstić information content (AvgIpc) is 3.10. The van der Waals surface area contributed by atoms with Gasteiger partial charge in [-0.15, -0.1) is 23.7 Å². The molecule has 124 valence electrons. The molecule has 4 nitrogen and oxygen atoms in total. The Morgan fingerprint density at radius 1 is 1.43 bits per heavy atom. The highest BCUT2D eigenvalue weighted by molar-refractivity contribution is 7.15. The predicted octanol–water partition coefficient (Wildman–Crippen LogP) is 3.46. The van der Waals surface area contributed by atoms with Crippen LogP contribution in [0.5, 0.6) is 0 Å². The molecule has 1 aliphatic heterocycles. The zero-order valence-corrected chi connectivity index (χ0v) is 15.0. The molecule has 0 aliphatic carbocycles. The molecule has 1 unspecified atom stereocenters. The van der Waals surface area contributed by atoms with E-state index < -0.39 is 0 Å². The molecule has 1 aliphatic rings. The van der Waals surface area contributed by atoms with Crippen molar-refractivity contribution < 1.29 is 4.79 Å². The summed E-state index contributed by atoms with van der Waals surface area (Å²) in [6.07, 6.45) is 2.84. The maximum absolute atomic E-state index is 12.1. The third kappa shape index (κ3) is 4.53. The van der Waals surface area contributed by atoms with Gasteiger partial charge >= 0.3 is 0 Å². The molecule has 3 rings (SSSR count). The number of carbonyl (C=O) groups is 1. The predicted molar refractivity (Wildman–Crippen MR) is 97.7 cm³/mol. The maximum Gasteiger partial charge on any atom is 0.243 e. The van der Waals surface area contributed by atoms with Gasteiger partial charge in [0.1, 0.15) is 0 Å². The van der Waals surface area contributed by atoms with Gasteiger partial charge in [-0.25, -0.2) is 4.98 Å². The fourth-order valence-corrected chi connectivity index (χ4v) is 3.75. The Hall–Kier alpha value is -1.43. The van der Waals surface area contributed by atoms with E-state index in [4.69, 9.17) is 0 Å². The highest BCUT2D eigenvalue weighted by atomic mass is 35.5. The highest BCUT2D eigenvalue weighted by Gasteiger charge is 2.23. The van der Waals surface area contributed by atoms with Crippen LogP contribution in [0.2, 0.25) is 0 Å². The first-order chi connectivity index (χ1) is 10.6. The molecule has 2 heterocycles. The molecule has 23 heavy (non-hydrogen) atoms. The Morgan fingerprint density at radius 3 is 2.96 bits per heavy atom. The summed E-state index contributed by atoms with van der Waals surface area (Å²) in [5.74, 6) is 0.0355. The van der Waals surface area contributed by atoms with Crippen molar-refractivity contribution in [3.05, 3.63) is 46.0 Å². The standard InChI is InChI=1S/C17H21N3OS.ClH/c1-11-5-3-6-13(9-11)10-15-12(2)19-17(22-15)20-16(21)14-7-4-8-18-14;/h3,5-6,9,14,18H,4,7-8,10H2,1-2H3,(H,19,20,21);1H. The van der Waals surface area contributed by atoms with Gasteiger partial charge in [0.25, 0.3) is 0 Å². The second-order valence-corrected chi connectivity index (χ2v) is 6.92. The average molecular weight is 352 g/mol. The van der Waals surface area contributed by atoms with Gasteiger partial charge in [-0.05, 0) is 38.8 Å². The fraction of sp³-hybridized carbons (Fsp3) is 0.412. The lowest BCUT2D eigenvalue weighted by atomic mass is 10.1. The Balaban J connectivity index is 0.00000192. The van der Waals surface area contributed by atoms with Crippen molar-refractivity contribution >= 4 is 34.8 Å². The number of anilines is 1. The summed E-state index contributed by atoms with van der Waals surface area (Å²) in [6, 6.07) is 8.44. The molecule has 0 spiro atoms. The largest absolute Gasteiger partial charge is 0.306 e. The van der Waals surface area contributed by atoms with Crippen molar-refractivity contribution in [3.63, 3.8) is 0 Å². The number of aromatic nitrogens is 1. The van der Waals surface area contributed by atoms with Crippen molar-refractivity contribution in [2.75, 3.05) is 11.9 Å². The van der Waals surface area contributed by atoms with Gasteiger partial charge in [0.15, 0.2) is 5.13 Å². The second kappa shape index (κ2) is 7.90. The topological polar surface area (TPSA) is 54.0 Å². The number of rotatable bonds is 4. The third-order valence-electron chi connectivity index (χ3n) is 3.95. The number of thiazole rings is 1. The van der Waals surface area contributed by atoms with Gasteiger partial charge in [0, 0.05) is 11.3 Å². The Morgan fingerprint density at radius 2 is 2.26 bits per heavy atom. The van der Waals surface area contributed by atoms with Crippen LogP contribution in [0.4, 0.5) is 5.13 Å². The van der Waals surface area contributed by atoms with E-state index >= 15 is 0 Å². The minimum absolute atomic E-state index is 0. The summed E-state index contributed by atoms with van der Waals surface area (Å²) in [7, 11) is 0. The Labute approximate surface area is 147 Å². The van der Waals surface area contributed by atoms with Crippen LogP contribution in [0.25, 0.3) is 0 Å². The van der Waals surface area contributed by atoms with E-state index in [-0.39, 0.29) is 24.4 Å². The number of hydrogen-bond donors (Lipinski definition) is 2. The maximum atomic E-state index is 12.1. The van der Waals surface area contributed by atoms with Crippen molar-refractivity contribution in [2.24, 2.45) is 0 Å². The third-order valence-corrected chi connectivity index (χ3v) is 5.02. The molecule has 1 atom stereocenters. The molecular formula is C17H22ClN3OS. The number of nitrogens with zero attached hydrogens (tertiary/aromatic N) is 1. The van der Waals surface area contributed by atoms with Crippen LogP contribution in [0.1, 0.15) is 34.5 Å². The fourth-order valence-electron chi connectivity index (χ4n) is 2.75. The molecule has 1 amide bonds. The quantitative estimate of drug-likeness (QED) is 0.886. The Kier molecular flexibility index (Phi) is 6.16. The molecule has 1 saturated heterocycles. The van der Waals surface area contributed by atoms with Crippen LogP contribution < -0.4 is 10.6 Å². The van der Waals surface area contributed by atoms with Crippen LogP contribution in [0.3, 0.4) is 0 Å². The molecule has 1 fully saturated rings. The summed E-state index contributed by atoms with van der Waals surface area (Å²) in [5, 5.41) is 6.86. The van der Waals surface area contributed by atoms with E-state index in [2.05, 4.69) is 46.8 Å². The first kappa shape index (κ1) is 17.9. The summed E-state index contributed by atoms with van der Waals surface area (Å²) in [6.45, 7) is 5.03. The number of amides is 1. The normalized spacial score (nSPS) is 16.9. The molecule has 1 aromatic carbocycles. The van der Waals surface area contributed by atoms with Gasteiger partial charge in [0.2, 0.25) is 5.91 Å². The van der Waals surface area contributed by atoms with E-state index in [1.54, 1.807) is 11.3 Å².